The van der Waals surface area contributed by atoms with Crippen LogP contribution in [0.1, 0.15) is 0 Å². The first-order chi connectivity index (χ1) is 33.7. The molecule has 0 saturated carbocycles. The van der Waals surface area contributed by atoms with Crippen molar-refractivity contribution in [2.45, 2.75) is 0 Å². The average Bonchev–Trinajstić information content (AvgIpc) is 3.43. The minimum absolute atomic E-state index is 0.933. The van der Waals surface area contributed by atoms with Gasteiger partial charge in [0.2, 0.25) is 0 Å². The van der Waals surface area contributed by atoms with Gasteiger partial charge in [-0.25, -0.2) is 4.98 Å². The molecule has 318 valence electrons. The van der Waals surface area contributed by atoms with Crippen molar-refractivity contribution in [2.75, 3.05) is 0 Å². The maximum Gasteiger partial charge on any atom is 0.0715 e. The summed E-state index contributed by atoms with van der Waals surface area (Å²) in [6.45, 7) is 0. The second-order valence-corrected chi connectivity index (χ2v) is 17.5. The van der Waals surface area contributed by atoms with Crippen LogP contribution in [0.2, 0.25) is 0 Å². The van der Waals surface area contributed by atoms with E-state index >= 15 is 0 Å². The Labute approximate surface area is 398 Å². The zero-order valence-electron chi connectivity index (χ0n) is 37.4. The Balaban J connectivity index is 0.850. The first kappa shape index (κ1) is 40.6. The zero-order valence-corrected chi connectivity index (χ0v) is 37.4. The third-order valence-corrected chi connectivity index (χ3v) is 13.3. The fourth-order valence-electron chi connectivity index (χ4n) is 9.73. The van der Waals surface area contributed by atoms with Crippen LogP contribution in [0.3, 0.4) is 0 Å². The van der Waals surface area contributed by atoms with Crippen molar-refractivity contribution in [3.8, 4) is 100 Å². The van der Waals surface area contributed by atoms with Crippen LogP contribution in [0.4, 0.5) is 0 Å². The maximum atomic E-state index is 5.32. The van der Waals surface area contributed by atoms with Crippen molar-refractivity contribution >= 4 is 21.5 Å². The second-order valence-electron chi connectivity index (χ2n) is 17.5. The molecular weight excluding hydrogens is 819 g/mol. The summed E-state index contributed by atoms with van der Waals surface area (Å²) in [4.78, 5) is 5.32. The van der Waals surface area contributed by atoms with Gasteiger partial charge in [0, 0.05) is 11.1 Å². The highest BCUT2D eigenvalue weighted by molar-refractivity contribution is 5.98. The van der Waals surface area contributed by atoms with Gasteiger partial charge in [-0.05, 0) is 136 Å². The molecule has 1 aromatic heterocycles. The Morgan fingerprint density at radius 2 is 0.485 bits per heavy atom. The average molecular weight is 864 g/mol. The van der Waals surface area contributed by atoms with Crippen LogP contribution in [0.25, 0.3) is 122 Å². The lowest BCUT2D eigenvalue weighted by atomic mass is 9.93. The number of nitrogens with zero attached hydrogens (tertiary/aromatic N) is 1. The van der Waals surface area contributed by atoms with Crippen LogP contribution < -0.4 is 0 Å². The molecule has 0 aliphatic carbocycles. The first-order valence-corrected chi connectivity index (χ1v) is 23.3. The topological polar surface area (TPSA) is 12.9 Å². The number of hydrogen-bond acceptors (Lipinski definition) is 1. The van der Waals surface area contributed by atoms with E-state index in [4.69, 9.17) is 4.98 Å². The Morgan fingerprint density at radius 1 is 0.176 bits per heavy atom. The van der Waals surface area contributed by atoms with E-state index in [2.05, 4.69) is 273 Å². The summed E-state index contributed by atoms with van der Waals surface area (Å²) in [7, 11) is 0. The smallest absolute Gasteiger partial charge is 0.0715 e. The zero-order chi connectivity index (χ0) is 45.2. The molecule has 1 nitrogen and oxygen atoms in total. The molecule has 0 amide bonds. The van der Waals surface area contributed by atoms with Crippen LogP contribution >= 0.6 is 0 Å². The van der Waals surface area contributed by atoms with E-state index in [0.29, 0.717) is 0 Å². The van der Waals surface area contributed by atoms with Gasteiger partial charge in [-0.2, -0.15) is 0 Å². The van der Waals surface area contributed by atoms with Crippen molar-refractivity contribution in [2.24, 2.45) is 0 Å². The van der Waals surface area contributed by atoms with Gasteiger partial charge in [-0.3, -0.25) is 0 Å². The van der Waals surface area contributed by atoms with Crippen LogP contribution in [0.5, 0.6) is 0 Å². The second kappa shape index (κ2) is 17.8. The minimum atomic E-state index is 0.933. The first-order valence-electron chi connectivity index (χ1n) is 23.3. The molecule has 68 heavy (non-hydrogen) atoms. The van der Waals surface area contributed by atoms with Gasteiger partial charge in [0.05, 0.1) is 11.4 Å². The van der Waals surface area contributed by atoms with E-state index in [0.717, 1.165) is 44.8 Å². The molecule has 12 rings (SSSR count). The van der Waals surface area contributed by atoms with Crippen LogP contribution in [-0.2, 0) is 0 Å². The highest BCUT2D eigenvalue weighted by Crippen LogP contribution is 2.37. The van der Waals surface area contributed by atoms with Gasteiger partial charge < -0.3 is 0 Å². The summed E-state index contributed by atoms with van der Waals surface area (Å²) in [6, 6.07) is 98.6. The molecule has 1 heteroatoms. The molecule has 0 aliphatic rings. The molecule has 0 fully saturated rings. The summed E-state index contributed by atoms with van der Waals surface area (Å²) in [5.74, 6) is 0. The van der Waals surface area contributed by atoms with Gasteiger partial charge in [0.1, 0.15) is 0 Å². The molecule has 0 N–H and O–H groups in total. The Bertz CT molecular complexity index is 3530. The predicted octanol–water partition coefficient (Wildman–Crippen LogP) is 18.4. The third kappa shape index (κ3) is 8.08. The van der Waals surface area contributed by atoms with E-state index in [1.165, 1.54) is 77.2 Å². The number of benzene rings is 11. The van der Waals surface area contributed by atoms with Crippen molar-refractivity contribution in [3.05, 3.63) is 273 Å². The molecule has 0 saturated heterocycles. The third-order valence-electron chi connectivity index (χ3n) is 13.3. The summed E-state index contributed by atoms with van der Waals surface area (Å²) in [5.41, 5.74) is 20.6. The normalized spacial score (nSPS) is 11.2. The summed E-state index contributed by atoms with van der Waals surface area (Å²) in [6.07, 6.45) is 0. The lowest BCUT2D eigenvalue weighted by Gasteiger charge is -2.13. The van der Waals surface area contributed by atoms with Crippen molar-refractivity contribution in [1.82, 2.24) is 4.98 Å². The molecule has 11 aromatic carbocycles. The van der Waals surface area contributed by atoms with E-state index in [9.17, 15) is 0 Å². The summed E-state index contributed by atoms with van der Waals surface area (Å²) in [5, 5.41) is 5.05. The molecule has 0 aliphatic heterocycles. The standard InChI is InChI=1S/C67H45N/c1-2-16-52(17-3-1)66-44-61(59-26-10-24-57(42-59)55-22-8-20-53(40-55)46-32-36-50(37-33-46)64-30-12-18-48-14-4-6-28-62(48)64)45-67(68-66)60-27-11-25-58(43-60)56-23-9-21-54(41-56)47-34-38-51(39-35-47)65-31-13-19-49-15-5-7-29-63(49)65/h1-45H. The van der Waals surface area contributed by atoms with E-state index in [1.807, 2.05) is 0 Å². The number of aromatic nitrogens is 1. The van der Waals surface area contributed by atoms with Crippen molar-refractivity contribution in [1.29, 1.82) is 0 Å². The molecule has 0 unspecified atom stereocenters. The highest BCUT2D eigenvalue weighted by atomic mass is 14.7. The number of rotatable bonds is 9. The lowest BCUT2D eigenvalue weighted by molar-refractivity contribution is 1.32. The number of pyridine rings is 1. The van der Waals surface area contributed by atoms with Gasteiger partial charge in [0.25, 0.3) is 0 Å². The van der Waals surface area contributed by atoms with Crippen molar-refractivity contribution in [3.63, 3.8) is 0 Å². The quantitative estimate of drug-likeness (QED) is 0.141. The van der Waals surface area contributed by atoms with Crippen LogP contribution in [-0.4, -0.2) is 4.98 Å². The number of hydrogen-bond donors (Lipinski definition) is 0. The molecule has 12 aromatic rings. The fraction of sp³-hybridized carbons (Fsp3) is 0. The monoisotopic (exact) mass is 863 g/mol. The molecule has 0 bridgehead atoms. The minimum Gasteiger partial charge on any atom is -0.248 e. The van der Waals surface area contributed by atoms with Crippen molar-refractivity contribution < 1.29 is 0 Å². The van der Waals surface area contributed by atoms with E-state index < -0.39 is 0 Å². The van der Waals surface area contributed by atoms with Gasteiger partial charge in [0.15, 0.2) is 0 Å². The lowest BCUT2D eigenvalue weighted by Crippen LogP contribution is -1.92. The fourth-order valence-corrected chi connectivity index (χ4v) is 9.73. The van der Waals surface area contributed by atoms with Crippen LogP contribution in [0, 0.1) is 0 Å². The molecule has 0 spiro atoms. The number of fused-ring (bicyclic) bond motifs is 2. The highest BCUT2D eigenvalue weighted by Gasteiger charge is 2.13. The Hall–Kier alpha value is -8.91. The Kier molecular flexibility index (Phi) is 10.6. The van der Waals surface area contributed by atoms with Gasteiger partial charge >= 0.3 is 0 Å². The van der Waals surface area contributed by atoms with Crippen LogP contribution in [0.15, 0.2) is 273 Å². The molecule has 0 atom stereocenters. The SMILES string of the molecule is c1ccc(-c2cc(-c3cccc(-c4cccc(-c5ccc(-c6cccc7ccccc67)cc5)c4)c3)cc(-c3cccc(-c4cccc(-c5ccc(-c6cccc7ccccc67)cc5)c4)c3)n2)cc1. The molecule has 0 radical (unpaired) electrons. The molecular formula is C67H45N. The largest absolute Gasteiger partial charge is 0.248 e. The summed E-state index contributed by atoms with van der Waals surface area (Å²) < 4.78 is 0. The Morgan fingerprint density at radius 3 is 0.956 bits per heavy atom. The maximum absolute atomic E-state index is 5.32. The van der Waals surface area contributed by atoms with E-state index in [1.54, 1.807) is 0 Å². The van der Waals surface area contributed by atoms with E-state index in [-0.39, 0.29) is 0 Å². The van der Waals surface area contributed by atoms with Gasteiger partial charge in [-0.1, -0.05) is 237 Å². The predicted molar refractivity (Wildman–Crippen MR) is 288 cm³/mol. The van der Waals surface area contributed by atoms with Gasteiger partial charge in [-0.15, -0.1) is 0 Å². The summed E-state index contributed by atoms with van der Waals surface area (Å²) >= 11 is 0. The molecule has 1 heterocycles.